The van der Waals surface area contributed by atoms with Crippen LogP contribution in [0.4, 0.5) is 0 Å². The van der Waals surface area contributed by atoms with Crippen molar-refractivity contribution in [3.05, 3.63) is 51.9 Å². The molecule has 1 aromatic heterocycles. The summed E-state index contributed by atoms with van der Waals surface area (Å²) in [5.41, 5.74) is -2.63. The van der Waals surface area contributed by atoms with Gasteiger partial charge in [-0.25, -0.2) is 0 Å². The Balaban J connectivity index is 1.82. The highest BCUT2D eigenvalue weighted by atomic mass is 16.6. The van der Waals surface area contributed by atoms with Crippen molar-refractivity contribution in [3.8, 4) is 28.4 Å². The second kappa shape index (κ2) is 11.4. The third-order valence-corrected chi connectivity index (χ3v) is 7.77. The van der Waals surface area contributed by atoms with Crippen molar-refractivity contribution in [1.82, 2.24) is 0 Å². The van der Waals surface area contributed by atoms with Gasteiger partial charge in [0.2, 0.25) is 5.43 Å². The lowest BCUT2D eigenvalue weighted by Gasteiger charge is -2.42. The molecule has 228 valence electrons. The van der Waals surface area contributed by atoms with Crippen LogP contribution >= 0.6 is 0 Å². The van der Waals surface area contributed by atoms with Crippen LogP contribution in [-0.2, 0) is 9.47 Å². The minimum absolute atomic E-state index is 0.105. The first-order chi connectivity index (χ1) is 19.9. The molecule has 2 aliphatic heterocycles. The summed E-state index contributed by atoms with van der Waals surface area (Å²) in [4.78, 5) is 13.8. The Morgan fingerprint density at radius 2 is 1.14 bits per heavy atom. The third-order valence-electron chi connectivity index (χ3n) is 7.77. The molecule has 3 aromatic rings. The van der Waals surface area contributed by atoms with Crippen molar-refractivity contribution in [2.75, 3.05) is 13.2 Å². The van der Waals surface area contributed by atoms with Crippen LogP contribution in [0.1, 0.15) is 23.3 Å². The fraction of sp³-hybridized carbons (Fsp3) is 0.444. The van der Waals surface area contributed by atoms with E-state index in [0.29, 0.717) is 0 Å². The average molecular weight is 595 g/mol. The fourth-order valence-electron chi connectivity index (χ4n) is 5.43. The molecule has 10 atom stereocenters. The maximum atomic E-state index is 13.8. The van der Waals surface area contributed by atoms with E-state index < -0.39 is 113 Å². The van der Waals surface area contributed by atoms with E-state index >= 15 is 0 Å². The van der Waals surface area contributed by atoms with Crippen LogP contribution in [0.5, 0.6) is 17.2 Å². The van der Waals surface area contributed by atoms with Crippen LogP contribution in [0.15, 0.2) is 39.7 Å². The number of hydrogen-bond acceptors (Lipinski definition) is 15. The summed E-state index contributed by atoms with van der Waals surface area (Å²) in [5.74, 6) is -2.09. The lowest BCUT2D eigenvalue weighted by molar-refractivity contribution is -0.234. The minimum Gasteiger partial charge on any atom is -0.508 e. The molecule has 0 spiro atoms. The minimum atomic E-state index is -2.04. The number of ether oxygens (including phenoxy) is 2. The molecule has 42 heavy (non-hydrogen) atoms. The van der Waals surface area contributed by atoms with Gasteiger partial charge in [0.1, 0.15) is 89.9 Å². The molecule has 2 aliphatic rings. The zero-order valence-electron chi connectivity index (χ0n) is 21.6. The molecule has 0 radical (unpaired) electrons. The number of phenols is 3. The van der Waals surface area contributed by atoms with Crippen molar-refractivity contribution in [1.29, 1.82) is 0 Å². The molecule has 2 fully saturated rings. The Morgan fingerprint density at radius 3 is 1.64 bits per heavy atom. The summed E-state index contributed by atoms with van der Waals surface area (Å²) in [7, 11) is 0. The number of hydrogen-bond donors (Lipinski definition) is 11. The quantitative estimate of drug-likeness (QED) is 0.147. The van der Waals surface area contributed by atoms with Crippen LogP contribution in [0.2, 0.25) is 0 Å². The molecule has 0 bridgehead atoms. The first kappa shape index (κ1) is 30.1. The Morgan fingerprint density at radius 1 is 0.643 bits per heavy atom. The fourth-order valence-corrected chi connectivity index (χ4v) is 5.43. The van der Waals surface area contributed by atoms with Crippen LogP contribution in [0, 0.1) is 0 Å². The predicted molar refractivity (Wildman–Crippen MR) is 138 cm³/mol. The number of rotatable bonds is 5. The number of aliphatic hydroxyl groups is 8. The van der Waals surface area contributed by atoms with Gasteiger partial charge in [0.25, 0.3) is 0 Å². The topological polar surface area (TPSA) is 271 Å². The molecule has 0 unspecified atom stereocenters. The van der Waals surface area contributed by atoms with Crippen molar-refractivity contribution in [2.45, 2.75) is 61.0 Å². The van der Waals surface area contributed by atoms with Gasteiger partial charge < -0.3 is 70.1 Å². The van der Waals surface area contributed by atoms with E-state index in [-0.39, 0.29) is 16.9 Å². The van der Waals surface area contributed by atoms with Crippen LogP contribution in [0.25, 0.3) is 22.1 Å². The highest BCUT2D eigenvalue weighted by molar-refractivity contribution is 5.93. The largest absolute Gasteiger partial charge is 0.508 e. The molecule has 15 nitrogen and oxygen atoms in total. The molecule has 0 amide bonds. The summed E-state index contributed by atoms with van der Waals surface area (Å²) in [5, 5.41) is 114. The molecule has 15 heteroatoms. The van der Waals surface area contributed by atoms with Gasteiger partial charge >= 0.3 is 0 Å². The maximum Gasteiger partial charge on any atom is 0.204 e. The zero-order valence-corrected chi connectivity index (χ0v) is 21.6. The van der Waals surface area contributed by atoms with Gasteiger partial charge in [-0.2, -0.15) is 0 Å². The molecule has 0 aliphatic carbocycles. The van der Waals surface area contributed by atoms with Gasteiger partial charge in [0.05, 0.1) is 29.9 Å². The van der Waals surface area contributed by atoms with Crippen LogP contribution in [0.3, 0.4) is 0 Å². The normalized spacial score (nSPS) is 33.6. The molecule has 11 N–H and O–H groups in total. The summed E-state index contributed by atoms with van der Waals surface area (Å²) in [6.07, 6.45) is -17.2. The second-order valence-electron chi connectivity index (χ2n) is 10.3. The molecular weight excluding hydrogens is 564 g/mol. The van der Waals surface area contributed by atoms with Gasteiger partial charge in [0.15, 0.2) is 5.58 Å². The van der Waals surface area contributed by atoms with Gasteiger partial charge in [-0.1, -0.05) is 12.1 Å². The van der Waals surface area contributed by atoms with E-state index in [1.165, 1.54) is 24.3 Å². The third kappa shape index (κ3) is 4.69. The molecule has 2 aromatic carbocycles. The molecule has 2 saturated heterocycles. The maximum absolute atomic E-state index is 13.8. The van der Waals surface area contributed by atoms with Crippen molar-refractivity contribution in [2.24, 2.45) is 0 Å². The Labute approximate surface area is 235 Å². The predicted octanol–water partition coefficient (Wildman–Crippen LogP) is -2.39. The molecule has 0 saturated carbocycles. The summed E-state index contributed by atoms with van der Waals surface area (Å²) < 4.78 is 16.8. The van der Waals surface area contributed by atoms with E-state index in [0.717, 1.165) is 6.26 Å². The standard InChI is InChI=1S/C27H30O15/c28-5-11-17(32)21(36)23(38)26(41-11)14-19(34)13-16(31)10(8-1-3-9(30)4-2-8)7-40-25(13)15(20(14)35)27-24(39)22(37)18(33)12(6-29)42-27/h1-4,7,11-12,17-18,21-24,26-30,32-39H,5-6H2/t11-,12-,17+,18+,21+,22+,23+,24+,26+,27-/m0/s1. The molecule has 5 rings (SSSR count). The Bertz CT molecular complexity index is 1500. The van der Waals surface area contributed by atoms with Crippen LogP contribution < -0.4 is 5.43 Å². The van der Waals surface area contributed by atoms with Gasteiger partial charge in [-0.05, 0) is 17.7 Å². The Hall–Kier alpha value is -3.35. The van der Waals surface area contributed by atoms with E-state index in [1.54, 1.807) is 0 Å². The monoisotopic (exact) mass is 594 g/mol. The number of fused-ring (bicyclic) bond motifs is 1. The summed E-state index contributed by atoms with van der Waals surface area (Å²) >= 11 is 0. The molecular formula is C27H30O15. The number of phenolic OH excluding ortho intramolecular Hbond substituents is 3. The van der Waals surface area contributed by atoms with E-state index in [4.69, 9.17) is 13.9 Å². The molecule has 3 heterocycles. The first-order valence-electron chi connectivity index (χ1n) is 12.9. The van der Waals surface area contributed by atoms with Crippen molar-refractivity contribution >= 4 is 11.0 Å². The van der Waals surface area contributed by atoms with Crippen LogP contribution in [-0.4, -0.2) is 118 Å². The van der Waals surface area contributed by atoms with E-state index in [1.807, 2.05) is 0 Å². The van der Waals surface area contributed by atoms with Gasteiger partial charge in [-0.3, -0.25) is 4.79 Å². The van der Waals surface area contributed by atoms with Gasteiger partial charge in [0, 0.05) is 0 Å². The number of benzene rings is 2. The number of aliphatic hydroxyl groups excluding tert-OH is 8. The van der Waals surface area contributed by atoms with E-state index in [2.05, 4.69) is 0 Å². The van der Waals surface area contributed by atoms with Crippen molar-refractivity contribution in [3.63, 3.8) is 0 Å². The number of aromatic hydroxyl groups is 3. The lowest BCUT2D eigenvalue weighted by Crippen LogP contribution is -2.55. The van der Waals surface area contributed by atoms with E-state index in [9.17, 15) is 61.0 Å². The van der Waals surface area contributed by atoms with Crippen molar-refractivity contribution < 1.29 is 70.1 Å². The summed E-state index contributed by atoms with van der Waals surface area (Å²) in [6.45, 7) is -1.70. The highest BCUT2D eigenvalue weighted by Crippen LogP contribution is 2.50. The highest BCUT2D eigenvalue weighted by Gasteiger charge is 2.50. The average Bonchev–Trinajstić information content (AvgIpc) is 2.97. The summed E-state index contributed by atoms with van der Waals surface area (Å²) in [6, 6.07) is 5.33. The zero-order chi connectivity index (χ0) is 30.6. The SMILES string of the molecule is O=c1c(-c2ccc(O)cc2)coc2c([C@@H]3O[C@@H](CO)[C@@H](O)[C@@H](O)[C@H]3O)c(O)c([C@H]3O[C@@H](CO)[C@@H](O)[C@@H](O)[C@H]3O)c(O)c12. The first-order valence-corrected chi connectivity index (χ1v) is 12.9. The van der Waals surface area contributed by atoms with Gasteiger partial charge in [-0.15, -0.1) is 0 Å². The smallest absolute Gasteiger partial charge is 0.204 e. The lowest BCUT2D eigenvalue weighted by atomic mass is 9.85. The Kier molecular flexibility index (Phi) is 8.16. The second-order valence-corrected chi connectivity index (χ2v) is 10.3.